The van der Waals surface area contributed by atoms with Crippen LogP contribution in [0.15, 0.2) is 30.3 Å². The predicted octanol–water partition coefficient (Wildman–Crippen LogP) is 1.95. The third-order valence-corrected chi connectivity index (χ3v) is 5.78. The number of nitrogens with zero attached hydrogens (tertiary/aromatic N) is 2. The van der Waals surface area contributed by atoms with Gasteiger partial charge in [0.15, 0.2) is 0 Å². The highest BCUT2D eigenvalue weighted by atomic mass is 35.5. The molecular weight excluding hydrogens is 383 g/mol. The quantitative estimate of drug-likeness (QED) is 0.769. The molecule has 3 rings (SSSR count). The molecule has 2 heterocycles. The molecule has 0 atom stereocenters. The molecule has 1 aromatic rings. The number of likely N-dealkylation sites (N-methyl/N-ethyl adjacent to an activating group) is 1. The Balaban J connectivity index is 0.00000182. The highest BCUT2D eigenvalue weighted by molar-refractivity contribution is 5.85. The Kier molecular flexibility index (Phi) is 10.6. The molecule has 1 aromatic carbocycles. The number of rotatable bonds is 5. The van der Waals surface area contributed by atoms with E-state index in [0.29, 0.717) is 13.1 Å². The number of hydrogen-bond donors (Lipinski definition) is 2. The zero-order valence-electron chi connectivity index (χ0n) is 16.3. The van der Waals surface area contributed by atoms with Crippen LogP contribution in [-0.2, 0) is 11.2 Å². The molecule has 7 heteroatoms. The number of carbonyl (C=O) groups excluding carboxylic acids is 1. The molecule has 1 amide bonds. The molecule has 2 aliphatic heterocycles. The summed E-state index contributed by atoms with van der Waals surface area (Å²) >= 11 is 0. The van der Waals surface area contributed by atoms with Crippen LogP contribution in [0.4, 0.5) is 0 Å². The molecule has 0 unspecified atom stereocenters. The third kappa shape index (κ3) is 6.91. The number of hydrogen-bond acceptors (Lipinski definition) is 4. The third-order valence-electron chi connectivity index (χ3n) is 5.78. The molecule has 1 spiro atoms. The first-order chi connectivity index (χ1) is 12.2. The Bertz CT molecular complexity index is 552. The second-order valence-corrected chi connectivity index (χ2v) is 7.55. The van der Waals surface area contributed by atoms with Gasteiger partial charge < -0.3 is 10.6 Å². The lowest BCUT2D eigenvalue weighted by Gasteiger charge is -2.45. The highest BCUT2D eigenvalue weighted by Crippen LogP contribution is 2.28. The standard InChI is InChI=1S/C20H32N4O.2ClH/c1-23-14-5-15-24(17-20(23)9-12-21-13-10-20)16-19(25)22-11-8-18-6-3-2-4-7-18;;/h2-4,6-7,21H,5,8-17H2,1H3,(H,22,25);2*1H. The van der Waals surface area contributed by atoms with Crippen LogP contribution >= 0.6 is 24.8 Å². The van der Waals surface area contributed by atoms with Crippen molar-refractivity contribution < 1.29 is 4.79 Å². The summed E-state index contributed by atoms with van der Waals surface area (Å²) in [7, 11) is 2.26. The summed E-state index contributed by atoms with van der Waals surface area (Å²) in [6.45, 7) is 6.57. The molecule has 2 fully saturated rings. The van der Waals surface area contributed by atoms with E-state index in [4.69, 9.17) is 0 Å². The number of carbonyl (C=O) groups is 1. The number of piperidine rings is 1. The minimum atomic E-state index is 0. The second-order valence-electron chi connectivity index (χ2n) is 7.55. The maximum atomic E-state index is 12.4. The molecule has 0 aromatic heterocycles. The number of amides is 1. The summed E-state index contributed by atoms with van der Waals surface area (Å²) in [5.74, 6) is 0.157. The molecule has 154 valence electrons. The van der Waals surface area contributed by atoms with Crippen LogP contribution < -0.4 is 10.6 Å². The highest BCUT2D eigenvalue weighted by Gasteiger charge is 2.39. The van der Waals surface area contributed by atoms with Crippen molar-refractivity contribution in [3.63, 3.8) is 0 Å². The SMILES string of the molecule is CN1CCCN(CC(=O)NCCc2ccccc2)CC12CCNCC2.Cl.Cl. The first kappa shape index (κ1) is 24.2. The number of nitrogens with one attached hydrogen (secondary N) is 2. The van der Waals surface area contributed by atoms with E-state index in [1.54, 1.807) is 0 Å². The second kappa shape index (κ2) is 11.9. The van der Waals surface area contributed by atoms with Crippen molar-refractivity contribution in [3.05, 3.63) is 35.9 Å². The average molecular weight is 417 g/mol. The van der Waals surface area contributed by atoms with Crippen molar-refractivity contribution in [2.75, 3.05) is 52.9 Å². The van der Waals surface area contributed by atoms with Gasteiger partial charge in [-0.15, -0.1) is 24.8 Å². The predicted molar refractivity (Wildman–Crippen MR) is 116 cm³/mol. The van der Waals surface area contributed by atoms with E-state index in [1.165, 1.54) is 18.4 Å². The monoisotopic (exact) mass is 416 g/mol. The van der Waals surface area contributed by atoms with Crippen LogP contribution in [0.2, 0.25) is 0 Å². The van der Waals surface area contributed by atoms with Crippen LogP contribution in [0.5, 0.6) is 0 Å². The van der Waals surface area contributed by atoms with Crippen LogP contribution in [-0.4, -0.2) is 74.1 Å². The molecule has 0 aliphatic carbocycles. The van der Waals surface area contributed by atoms with E-state index >= 15 is 0 Å². The Labute approximate surface area is 176 Å². The lowest BCUT2D eigenvalue weighted by Crippen LogP contribution is -2.58. The van der Waals surface area contributed by atoms with E-state index in [1.807, 2.05) is 18.2 Å². The number of halogens is 2. The van der Waals surface area contributed by atoms with Crippen LogP contribution in [0.1, 0.15) is 24.8 Å². The first-order valence-electron chi connectivity index (χ1n) is 9.63. The van der Waals surface area contributed by atoms with Crippen molar-refractivity contribution in [2.24, 2.45) is 0 Å². The average Bonchev–Trinajstić information content (AvgIpc) is 2.76. The van der Waals surface area contributed by atoms with Gasteiger partial charge in [-0.3, -0.25) is 14.6 Å². The molecule has 2 aliphatic rings. The van der Waals surface area contributed by atoms with E-state index in [-0.39, 0.29) is 36.3 Å². The molecular formula is C20H34Cl2N4O. The summed E-state index contributed by atoms with van der Waals surface area (Å²) in [4.78, 5) is 17.3. The van der Waals surface area contributed by atoms with Crippen molar-refractivity contribution in [1.82, 2.24) is 20.4 Å². The maximum absolute atomic E-state index is 12.4. The first-order valence-corrected chi connectivity index (χ1v) is 9.63. The van der Waals surface area contributed by atoms with Gasteiger partial charge in [-0.05, 0) is 64.5 Å². The normalized spacial score (nSPS) is 20.2. The Morgan fingerprint density at radius 2 is 1.85 bits per heavy atom. The van der Waals surface area contributed by atoms with Gasteiger partial charge in [0.05, 0.1) is 6.54 Å². The van der Waals surface area contributed by atoms with Crippen molar-refractivity contribution in [3.8, 4) is 0 Å². The van der Waals surface area contributed by atoms with Gasteiger partial charge in [-0.25, -0.2) is 0 Å². The van der Waals surface area contributed by atoms with E-state index in [0.717, 1.165) is 45.6 Å². The minimum Gasteiger partial charge on any atom is -0.355 e. The van der Waals surface area contributed by atoms with Crippen molar-refractivity contribution in [2.45, 2.75) is 31.2 Å². The van der Waals surface area contributed by atoms with Gasteiger partial charge in [0, 0.05) is 18.6 Å². The fraction of sp³-hybridized carbons (Fsp3) is 0.650. The van der Waals surface area contributed by atoms with Crippen LogP contribution in [0, 0.1) is 0 Å². The Hall–Kier alpha value is -0.850. The van der Waals surface area contributed by atoms with Crippen molar-refractivity contribution in [1.29, 1.82) is 0 Å². The Morgan fingerprint density at radius 3 is 2.56 bits per heavy atom. The summed E-state index contributed by atoms with van der Waals surface area (Å²) in [6.07, 6.45) is 4.39. The smallest absolute Gasteiger partial charge is 0.234 e. The van der Waals surface area contributed by atoms with Gasteiger partial charge >= 0.3 is 0 Å². The van der Waals surface area contributed by atoms with Gasteiger partial charge in [0.1, 0.15) is 0 Å². The van der Waals surface area contributed by atoms with Gasteiger partial charge in [-0.2, -0.15) is 0 Å². The fourth-order valence-corrected chi connectivity index (χ4v) is 4.20. The molecule has 27 heavy (non-hydrogen) atoms. The van der Waals surface area contributed by atoms with E-state index in [9.17, 15) is 4.79 Å². The van der Waals surface area contributed by atoms with Gasteiger partial charge in [0.2, 0.25) is 5.91 Å². The summed E-state index contributed by atoms with van der Waals surface area (Å²) < 4.78 is 0. The topological polar surface area (TPSA) is 47.6 Å². The van der Waals surface area contributed by atoms with Gasteiger partial charge in [-0.1, -0.05) is 30.3 Å². The van der Waals surface area contributed by atoms with Crippen LogP contribution in [0.25, 0.3) is 0 Å². The lowest BCUT2D eigenvalue weighted by atomic mass is 9.86. The fourth-order valence-electron chi connectivity index (χ4n) is 4.20. The Morgan fingerprint density at radius 1 is 1.15 bits per heavy atom. The largest absolute Gasteiger partial charge is 0.355 e. The van der Waals surface area contributed by atoms with Crippen LogP contribution in [0.3, 0.4) is 0 Å². The molecule has 0 bridgehead atoms. The summed E-state index contributed by atoms with van der Waals surface area (Å²) in [5.41, 5.74) is 1.51. The summed E-state index contributed by atoms with van der Waals surface area (Å²) in [5, 5.41) is 6.57. The lowest BCUT2D eigenvalue weighted by molar-refractivity contribution is -0.122. The molecule has 2 N–H and O–H groups in total. The minimum absolute atomic E-state index is 0. The maximum Gasteiger partial charge on any atom is 0.234 e. The molecule has 0 saturated carbocycles. The van der Waals surface area contributed by atoms with E-state index in [2.05, 4.69) is 39.6 Å². The zero-order valence-corrected chi connectivity index (χ0v) is 17.9. The molecule has 2 saturated heterocycles. The van der Waals surface area contributed by atoms with Crippen molar-refractivity contribution >= 4 is 30.7 Å². The summed E-state index contributed by atoms with van der Waals surface area (Å²) in [6, 6.07) is 10.3. The number of benzene rings is 1. The molecule has 5 nitrogen and oxygen atoms in total. The van der Waals surface area contributed by atoms with Gasteiger partial charge in [0.25, 0.3) is 0 Å². The van der Waals surface area contributed by atoms with E-state index < -0.39 is 0 Å². The molecule has 0 radical (unpaired) electrons. The zero-order chi connectivity index (χ0) is 17.5.